The summed E-state index contributed by atoms with van der Waals surface area (Å²) in [6, 6.07) is 7.44. The first-order chi connectivity index (χ1) is 13.8. The summed E-state index contributed by atoms with van der Waals surface area (Å²) in [5.41, 5.74) is 2.70. The van der Waals surface area contributed by atoms with Gasteiger partial charge in [-0.1, -0.05) is 0 Å². The molecule has 3 rings (SSSR count). The van der Waals surface area contributed by atoms with E-state index in [1.165, 1.54) is 40.9 Å². The monoisotopic (exact) mass is 422 g/mol. The number of sulfonamides is 1. The molecule has 1 aliphatic rings. The van der Waals surface area contributed by atoms with Crippen molar-refractivity contribution in [2.75, 3.05) is 31.7 Å². The van der Waals surface area contributed by atoms with Gasteiger partial charge in [-0.2, -0.15) is 9.41 Å². The zero-order chi connectivity index (χ0) is 21.0. The summed E-state index contributed by atoms with van der Waals surface area (Å²) >= 11 is 0. The Morgan fingerprint density at radius 3 is 2.52 bits per heavy atom. The molecule has 0 amide bonds. The quantitative estimate of drug-likeness (QED) is 0.274. The Kier molecular flexibility index (Phi) is 5.96. The van der Waals surface area contributed by atoms with Crippen LogP contribution in [0.25, 0.3) is 0 Å². The standard InChI is InChI=1S/C17H18N4O7S/c22-15-4-1-12(9-16(15)23)11-18-19-14-3-2-13(21(24)25)10-17(14)29(26,27)20-5-7-28-8-6-20/h1-4,9-11,19,22-23H,5-8H2. The highest BCUT2D eigenvalue weighted by molar-refractivity contribution is 7.89. The fourth-order valence-corrected chi connectivity index (χ4v) is 4.22. The van der Waals surface area contributed by atoms with Crippen molar-refractivity contribution in [1.82, 2.24) is 4.31 Å². The van der Waals surface area contributed by atoms with Crippen molar-refractivity contribution in [2.45, 2.75) is 4.90 Å². The van der Waals surface area contributed by atoms with E-state index in [1.54, 1.807) is 0 Å². The Morgan fingerprint density at radius 2 is 1.86 bits per heavy atom. The number of benzene rings is 2. The summed E-state index contributed by atoms with van der Waals surface area (Å²) in [5, 5.41) is 33.9. The van der Waals surface area contributed by atoms with E-state index in [1.807, 2.05) is 0 Å². The molecule has 2 aromatic rings. The topological polar surface area (TPSA) is 155 Å². The third-order valence-corrected chi connectivity index (χ3v) is 6.10. The zero-order valence-corrected chi connectivity index (χ0v) is 15.9. The number of hydrazone groups is 1. The number of phenolic OH excluding ortho intramolecular Hbond substituents is 2. The van der Waals surface area contributed by atoms with E-state index in [0.717, 1.165) is 6.07 Å². The number of rotatable bonds is 6. The van der Waals surface area contributed by atoms with Crippen LogP contribution in [0.3, 0.4) is 0 Å². The van der Waals surface area contributed by atoms with Crippen molar-refractivity contribution in [3.63, 3.8) is 0 Å². The van der Waals surface area contributed by atoms with E-state index in [2.05, 4.69) is 10.5 Å². The van der Waals surface area contributed by atoms with E-state index >= 15 is 0 Å². The van der Waals surface area contributed by atoms with E-state index in [9.17, 15) is 28.7 Å². The molecule has 0 aromatic heterocycles. The van der Waals surface area contributed by atoms with Crippen LogP contribution in [0.4, 0.5) is 11.4 Å². The molecule has 1 fully saturated rings. The molecule has 29 heavy (non-hydrogen) atoms. The molecule has 0 aliphatic carbocycles. The number of nitro benzene ring substituents is 1. The predicted octanol–water partition coefficient (Wildman–Crippen LogP) is 1.47. The van der Waals surface area contributed by atoms with Gasteiger partial charge in [0.05, 0.1) is 30.0 Å². The van der Waals surface area contributed by atoms with E-state index in [-0.39, 0.29) is 54.1 Å². The van der Waals surface area contributed by atoms with Gasteiger partial charge in [0, 0.05) is 25.2 Å². The van der Waals surface area contributed by atoms with Gasteiger partial charge in [-0.15, -0.1) is 0 Å². The lowest BCUT2D eigenvalue weighted by Crippen LogP contribution is -2.40. The highest BCUT2D eigenvalue weighted by Gasteiger charge is 2.30. The lowest BCUT2D eigenvalue weighted by atomic mass is 10.2. The van der Waals surface area contributed by atoms with Crippen molar-refractivity contribution in [3.8, 4) is 11.5 Å². The van der Waals surface area contributed by atoms with Gasteiger partial charge in [0.25, 0.3) is 5.69 Å². The smallest absolute Gasteiger partial charge is 0.270 e. The van der Waals surface area contributed by atoms with E-state index in [0.29, 0.717) is 5.56 Å². The summed E-state index contributed by atoms with van der Waals surface area (Å²) in [6.07, 6.45) is 1.30. The fraction of sp³-hybridized carbons (Fsp3) is 0.235. The second-order valence-electron chi connectivity index (χ2n) is 6.07. The van der Waals surface area contributed by atoms with Crippen LogP contribution in [0.15, 0.2) is 46.4 Å². The Labute approximate surface area is 166 Å². The van der Waals surface area contributed by atoms with Gasteiger partial charge in [-0.25, -0.2) is 8.42 Å². The first-order valence-electron chi connectivity index (χ1n) is 8.46. The second kappa shape index (κ2) is 8.43. The Balaban J connectivity index is 1.92. The molecule has 12 heteroatoms. The molecule has 0 atom stereocenters. The number of nitro groups is 1. The average molecular weight is 422 g/mol. The molecule has 1 saturated heterocycles. The minimum atomic E-state index is -4.02. The molecule has 11 nitrogen and oxygen atoms in total. The number of morpholine rings is 1. The maximum Gasteiger partial charge on any atom is 0.270 e. The Hall–Kier alpha value is -3.22. The maximum atomic E-state index is 13.0. The molecule has 0 unspecified atom stereocenters. The van der Waals surface area contributed by atoms with Gasteiger partial charge in [0.2, 0.25) is 10.0 Å². The summed E-state index contributed by atoms with van der Waals surface area (Å²) in [4.78, 5) is 10.2. The van der Waals surface area contributed by atoms with Crippen molar-refractivity contribution in [1.29, 1.82) is 0 Å². The minimum absolute atomic E-state index is 0.0568. The van der Waals surface area contributed by atoms with Gasteiger partial charge in [-0.05, 0) is 29.8 Å². The number of aromatic hydroxyl groups is 2. The van der Waals surface area contributed by atoms with Crippen molar-refractivity contribution in [3.05, 3.63) is 52.1 Å². The second-order valence-corrected chi connectivity index (χ2v) is 7.98. The summed E-state index contributed by atoms with van der Waals surface area (Å²) < 4.78 is 32.3. The van der Waals surface area contributed by atoms with Crippen LogP contribution < -0.4 is 5.43 Å². The number of phenols is 2. The number of nitrogens with zero attached hydrogens (tertiary/aromatic N) is 3. The Morgan fingerprint density at radius 1 is 1.14 bits per heavy atom. The summed E-state index contributed by atoms with van der Waals surface area (Å²) in [7, 11) is -4.02. The van der Waals surface area contributed by atoms with Crippen LogP contribution in [-0.2, 0) is 14.8 Å². The number of nitrogens with one attached hydrogen (secondary N) is 1. The van der Waals surface area contributed by atoms with Gasteiger partial charge in [0.15, 0.2) is 11.5 Å². The normalized spacial score (nSPS) is 15.4. The Bertz CT molecular complexity index is 1050. The number of hydrogen-bond acceptors (Lipinski definition) is 9. The molecule has 0 radical (unpaired) electrons. The predicted molar refractivity (Wildman–Crippen MR) is 104 cm³/mol. The lowest BCUT2D eigenvalue weighted by molar-refractivity contribution is -0.385. The molecule has 0 spiro atoms. The minimum Gasteiger partial charge on any atom is -0.504 e. The van der Waals surface area contributed by atoms with Gasteiger partial charge in [-0.3, -0.25) is 15.5 Å². The first kappa shape index (κ1) is 20.5. The van der Waals surface area contributed by atoms with Gasteiger partial charge >= 0.3 is 0 Å². The first-order valence-corrected chi connectivity index (χ1v) is 9.90. The largest absolute Gasteiger partial charge is 0.504 e. The maximum absolute atomic E-state index is 13.0. The molecule has 154 valence electrons. The molecular weight excluding hydrogens is 404 g/mol. The van der Waals surface area contributed by atoms with Gasteiger partial charge in [0.1, 0.15) is 4.90 Å². The van der Waals surface area contributed by atoms with Crippen LogP contribution >= 0.6 is 0 Å². The molecule has 1 heterocycles. The molecule has 0 saturated carbocycles. The van der Waals surface area contributed by atoms with Crippen LogP contribution in [0.1, 0.15) is 5.56 Å². The molecular formula is C17H18N4O7S. The SMILES string of the molecule is O=[N+]([O-])c1ccc(NN=Cc2ccc(O)c(O)c2)c(S(=O)(=O)N2CCOCC2)c1. The van der Waals surface area contributed by atoms with Crippen molar-refractivity contribution < 1.29 is 28.3 Å². The zero-order valence-electron chi connectivity index (χ0n) is 15.1. The van der Waals surface area contributed by atoms with Crippen molar-refractivity contribution in [2.24, 2.45) is 5.10 Å². The van der Waals surface area contributed by atoms with E-state index < -0.39 is 14.9 Å². The molecule has 3 N–H and O–H groups in total. The highest BCUT2D eigenvalue weighted by atomic mass is 32.2. The molecule has 2 aromatic carbocycles. The van der Waals surface area contributed by atoms with Crippen LogP contribution in [0, 0.1) is 10.1 Å². The third kappa shape index (κ3) is 4.62. The number of ether oxygens (including phenoxy) is 1. The highest BCUT2D eigenvalue weighted by Crippen LogP contribution is 2.30. The van der Waals surface area contributed by atoms with Crippen LogP contribution in [0.2, 0.25) is 0 Å². The summed E-state index contributed by atoms with van der Waals surface area (Å²) in [5.74, 6) is -0.621. The number of anilines is 1. The molecule has 1 aliphatic heterocycles. The third-order valence-electron chi connectivity index (χ3n) is 4.16. The average Bonchev–Trinajstić information content (AvgIpc) is 2.71. The molecule has 0 bridgehead atoms. The number of non-ortho nitro benzene ring substituents is 1. The number of hydrogen-bond donors (Lipinski definition) is 3. The van der Waals surface area contributed by atoms with Crippen LogP contribution in [-0.4, -0.2) is 60.4 Å². The van der Waals surface area contributed by atoms with Gasteiger partial charge < -0.3 is 14.9 Å². The van der Waals surface area contributed by atoms with Crippen molar-refractivity contribution >= 4 is 27.6 Å². The lowest BCUT2D eigenvalue weighted by Gasteiger charge is -2.26. The van der Waals surface area contributed by atoms with E-state index in [4.69, 9.17) is 4.74 Å². The summed E-state index contributed by atoms with van der Waals surface area (Å²) in [6.45, 7) is 0.750. The fourth-order valence-electron chi connectivity index (χ4n) is 2.65. The van der Waals surface area contributed by atoms with Crippen LogP contribution in [0.5, 0.6) is 11.5 Å².